The number of benzene rings is 1. The fourth-order valence-electron chi connectivity index (χ4n) is 3.05. The summed E-state index contributed by atoms with van der Waals surface area (Å²) in [4.78, 5) is -0.00146. The number of hydrogen-bond donors (Lipinski definition) is 0. The van der Waals surface area contributed by atoms with E-state index in [9.17, 15) is 12.8 Å². The zero-order valence-electron chi connectivity index (χ0n) is 14.2. The molecule has 2 heterocycles. The molecule has 0 N–H and O–H groups in total. The van der Waals surface area contributed by atoms with Gasteiger partial charge in [0.2, 0.25) is 10.0 Å². The Morgan fingerprint density at radius 3 is 2.68 bits per heavy atom. The lowest BCUT2D eigenvalue weighted by Crippen LogP contribution is -2.39. The van der Waals surface area contributed by atoms with E-state index in [0.717, 1.165) is 11.9 Å². The summed E-state index contributed by atoms with van der Waals surface area (Å²) in [6, 6.07) is 4.16. The normalized spacial score (nSPS) is 17.1. The number of aromatic nitrogens is 3. The van der Waals surface area contributed by atoms with E-state index in [1.807, 2.05) is 4.57 Å². The number of sulfonamides is 1. The monoisotopic (exact) mass is 368 g/mol. The Morgan fingerprint density at radius 2 is 2.04 bits per heavy atom. The Kier molecular flexibility index (Phi) is 5.16. The van der Waals surface area contributed by atoms with E-state index >= 15 is 0 Å². The Morgan fingerprint density at radius 1 is 1.32 bits per heavy atom. The molecule has 2 aromatic rings. The van der Waals surface area contributed by atoms with Crippen molar-refractivity contribution in [2.24, 2.45) is 0 Å². The van der Waals surface area contributed by atoms with Crippen LogP contribution < -0.4 is 0 Å². The van der Waals surface area contributed by atoms with E-state index in [1.54, 1.807) is 20.4 Å². The van der Waals surface area contributed by atoms with Gasteiger partial charge < -0.3 is 9.30 Å². The lowest BCUT2D eigenvalue weighted by Gasteiger charge is -2.32. The smallest absolute Gasteiger partial charge is 0.243 e. The lowest BCUT2D eigenvalue weighted by atomic mass is 10.1. The van der Waals surface area contributed by atoms with Crippen LogP contribution in [-0.4, -0.2) is 47.7 Å². The summed E-state index contributed by atoms with van der Waals surface area (Å²) in [7, 11) is -2.09. The number of rotatable bonds is 5. The highest BCUT2D eigenvalue weighted by atomic mass is 32.2. The van der Waals surface area contributed by atoms with Crippen LogP contribution >= 0.6 is 0 Å². The van der Waals surface area contributed by atoms with Crippen molar-refractivity contribution >= 4 is 10.0 Å². The minimum atomic E-state index is -3.69. The highest BCUT2D eigenvalue weighted by Crippen LogP contribution is 2.28. The zero-order chi connectivity index (χ0) is 18.0. The first-order valence-corrected chi connectivity index (χ1v) is 9.51. The first kappa shape index (κ1) is 18.0. The summed E-state index contributed by atoms with van der Waals surface area (Å²) in [5.74, 6) is 0.217. The van der Waals surface area contributed by atoms with Gasteiger partial charge in [-0.3, -0.25) is 0 Å². The SMILES string of the molecule is COCc1nncn1C1CCN(S(=O)(=O)c2ccc(C)c(F)c2)CC1. The topological polar surface area (TPSA) is 77.3 Å². The standard InChI is InChI=1S/C16H21FN4O3S/c1-12-3-4-14(9-15(12)17)25(22,23)20-7-5-13(6-8-20)21-11-18-19-16(21)10-24-2/h3-4,9,11,13H,5-8,10H2,1-2H3. The zero-order valence-corrected chi connectivity index (χ0v) is 15.0. The van der Waals surface area contributed by atoms with Gasteiger partial charge in [0.15, 0.2) is 5.82 Å². The lowest BCUT2D eigenvalue weighted by molar-refractivity contribution is 0.167. The van der Waals surface area contributed by atoms with E-state index < -0.39 is 15.8 Å². The van der Waals surface area contributed by atoms with Crippen molar-refractivity contribution in [1.29, 1.82) is 0 Å². The summed E-state index contributed by atoms with van der Waals surface area (Å²) in [6.45, 7) is 2.70. The Hall–Kier alpha value is -1.84. The molecular formula is C16H21FN4O3S. The van der Waals surface area contributed by atoms with Crippen LogP contribution in [0.25, 0.3) is 0 Å². The van der Waals surface area contributed by atoms with Gasteiger partial charge in [-0.15, -0.1) is 10.2 Å². The first-order chi connectivity index (χ1) is 11.9. The number of nitrogens with zero attached hydrogens (tertiary/aromatic N) is 4. The van der Waals surface area contributed by atoms with Crippen molar-refractivity contribution < 1.29 is 17.5 Å². The third kappa shape index (κ3) is 3.58. The number of ether oxygens (including phenoxy) is 1. The van der Waals surface area contributed by atoms with Crippen molar-refractivity contribution in [2.45, 2.75) is 37.3 Å². The second kappa shape index (κ2) is 7.19. The quantitative estimate of drug-likeness (QED) is 0.806. The number of methoxy groups -OCH3 is 1. The van der Waals surface area contributed by atoms with Crippen LogP contribution in [-0.2, 0) is 21.4 Å². The molecule has 136 valence electrons. The molecule has 1 aromatic carbocycles. The number of halogens is 1. The van der Waals surface area contributed by atoms with Crippen molar-refractivity contribution in [3.63, 3.8) is 0 Å². The van der Waals surface area contributed by atoms with Crippen LogP contribution in [0.15, 0.2) is 29.4 Å². The molecule has 0 spiro atoms. The van der Waals surface area contributed by atoms with Crippen molar-refractivity contribution in [2.75, 3.05) is 20.2 Å². The van der Waals surface area contributed by atoms with E-state index in [0.29, 0.717) is 38.1 Å². The molecule has 0 bridgehead atoms. The Labute approximate surface area is 146 Å². The maximum Gasteiger partial charge on any atom is 0.243 e. The highest BCUT2D eigenvalue weighted by molar-refractivity contribution is 7.89. The van der Waals surface area contributed by atoms with Gasteiger partial charge in [0, 0.05) is 26.2 Å². The van der Waals surface area contributed by atoms with Crippen molar-refractivity contribution in [3.05, 3.63) is 41.7 Å². The third-order valence-corrected chi connectivity index (χ3v) is 6.41. The fourth-order valence-corrected chi connectivity index (χ4v) is 4.53. The van der Waals surface area contributed by atoms with E-state index in [2.05, 4.69) is 10.2 Å². The summed E-state index contributed by atoms with van der Waals surface area (Å²) in [5.41, 5.74) is 0.427. The molecule has 25 heavy (non-hydrogen) atoms. The predicted molar refractivity (Wildman–Crippen MR) is 88.9 cm³/mol. The number of aryl methyl sites for hydroxylation is 1. The molecule has 0 aliphatic carbocycles. The predicted octanol–water partition coefficient (Wildman–Crippen LogP) is 1.90. The largest absolute Gasteiger partial charge is 0.377 e. The van der Waals surface area contributed by atoms with Crippen molar-refractivity contribution in [1.82, 2.24) is 19.1 Å². The van der Waals surface area contributed by atoms with E-state index in [4.69, 9.17) is 4.74 Å². The molecule has 0 atom stereocenters. The second-order valence-electron chi connectivity index (χ2n) is 6.13. The molecule has 1 aliphatic rings. The molecule has 0 radical (unpaired) electrons. The molecule has 0 amide bonds. The summed E-state index contributed by atoms with van der Waals surface area (Å²) >= 11 is 0. The second-order valence-corrected chi connectivity index (χ2v) is 8.07. The van der Waals surface area contributed by atoms with Crippen LogP contribution in [0.1, 0.15) is 30.3 Å². The summed E-state index contributed by atoms with van der Waals surface area (Å²) in [5, 5.41) is 7.94. The van der Waals surface area contributed by atoms with Gasteiger partial charge in [-0.05, 0) is 37.5 Å². The maximum absolute atomic E-state index is 13.7. The third-order valence-electron chi connectivity index (χ3n) is 4.52. The molecule has 0 unspecified atom stereocenters. The molecule has 3 rings (SSSR count). The molecule has 0 saturated carbocycles. The minimum Gasteiger partial charge on any atom is -0.377 e. The highest BCUT2D eigenvalue weighted by Gasteiger charge is 2.31. The molecular weight excluding hydrogens is 347 g/mol. The summed E-state index contributed by atoms with van der Waals surface area (Å²) in [6.07, 6.45) is 2.93. The maximum atomic E-state index is 13.7. The number of hydrogen-bond acceptors (Lipinski definition) is 5. The summed E-state index contributed by atoms with van der Waals surface area (Å²) < 4.78 is 47.6. The molecule has 1 saturated heterocycles. The molecule has 1 aromatic heterocycles. The van der Waals surface area contributed by atoms with Crippen LogP contribution in [0.2, 0.25) is 0 Å². The first-order valence-electron chi connectivity index (χ1n) is 8.07. The number of piperidine rings is 1. The van der Waals surface area contributed by atoms with Crippen LogP contribution in [0.3, 0.4) is 0 Å². The van der Waals surface area contributed by atoms with Crippen LogP contribution in [0, 0.1) is 12.7 Å². The average molecular weight is 368 g/mol. The molecule has 7 nitrogen and oxygen atoms in total. The van der Waals surface area contributed by atoms with Crippen LogP contribution in [0.5, 0.6) is 0 Å². The fraction of sp³-hybridized carbons (Fsp3) is 0.500. The minimum absolute atomic E-state index is 0.00146. The Bertz CT molecular complexity index is 845. The Balaban J connectivity index is 1.73. The van der Waals surface area contributed by atoms with Gasteiger partial charge in [-0.25, -0.2) is 12.8 Å². The van der Waals surface area contributed by atoms with Gasteiger partial charge in [0.1, 0.15) is 18.8 Å². The molecule has 1 fully saturated rings. The van der Waals surface area contributed by atoms with Gasteiger partial charge in [0.25, 0.3) is 0 Å². The van der Waals surface area contributed by atoms with Crippen molar-refractivity contribution in [3.8, 4) is 0 Å². The molecule has 9 heteroatoms. The van der Waals surface area contributed by atoms with Gasteiger partial charge >= 0.3 is 0 Å². The van der Waals surface area contributed by atoms with Crippen LogP contribution in [0.4, 0.5) is 4.39 Å². The van der Waals surface area contributed by atoms with Gasteiger partial charge in [-0.2, -0.15) is 4.31 Å². The average Bonchev–Trinajstić information content (AvgIpc) is 3.06. The molecule has 1 aliphatic heterocycles. The van der Waals surface area contributed by atoms with E-state index in [-0.39, 0.29) is 10.9 Å². The van der Waals surface area contributed by atoms with E-state index in [1.165, 1.54) is 16.4 Å². The van der Waals surface area contributed by atoms with Gasteiger partial charge in [-0.1, -0.05) is 6.07 Å². The van der Waals surface area contributed by atoms with Gasteiger partial charge in [0.05, 0.1) is 4.90 Å².